The molecule has 2 heterocycles. The van der Waals surface area contributed by atoms with Gasteiger partial charge in [-0.3, -0.25) is 0 Å². The molecule has 0 saturated heterocycles. The van der Waals surface area contributed by atoms with Crippen molar-refractivity contribution in [2.45, 2.75) is 45.1 Å². The largest absolute Gasteiger partial charge is 0.415 e. The van der Waals surface area contributed by atoms with Crippen LogP contribution < -0.4 is 5.32 Å². The second-order valence-electron chi connectivity index (χ2n) is 6.20. The molecule has 1 aromatic carbocycles. The number of nitrogens with one attached hydrogen (secondary N) is 1. The van der Waals surface area contributed by atoms with Crippen molar-refractivity contribution in [3.63, 3.8) is 0 Å². The quantitative estimate of drug-likeness (QED) is 0.501. The van der Waals surface area contributed by atoms with Gasteiger partial charge in [0.05, 0.1) is 11.1 Å². The van der Waals surface area contributed by atoms with E-state index in [1.54, 1.807) is 18.2 Å². The van der Waals surface area contributed by atoms with Crippen molar-refractivity contribution in [3.8, 4) is 11.5 Å². The standard InChI is InChI=1S/C17H13Cl2F2N5O.C2H6/c18-10-3-1-4-11(19)12(10)17(5-2-6-17)24-16-22-7-9(8-23-16)14-25-26-15(27-14)13(20)21;1-2/h1,3-4,7-8,13H,2,5-6H2,(H,22,23,24);1-2H3. The Morgan fingerprint density at radius 3 is 2.17 bits per heavy atom. The van der Waals surface area contributed by atoms with Gasteiger partial charge >= 0.3 is 6.43 Å². The van der Waals surface area contributed by atoms with Crippen molar-refractivity contribution in [1.29, 1.82) is 0 Å². The van der Waals surface area contributed by atoms with Crippen LogP contribution in [0.25, 0.3) is 11.5 Å². The van der Waals surface area contributed by atoms with Crippen molar-refractivity contribution < 1.29 is 13.2 Å². The average Bonchev–Trinajstić information content (AvgIpc) is 3.18. The fourth-order valence-electron chi connectivity index (χ4n) is 3.08. The second kappa shape index (κ2) is 9.00. The van der Waals surface area contributed by atoms with Crippen LogP contribution in [0.3, 0.4) is 0 Å². The van der Waals surface area contributed by atoms with Crippen molar-refractivity contribution >= 4 is 29.2 Å². The predicted molar refractivity (Wildman–Crippen MR) is 107 cm³/mol. The summed E-state index contributed by atoms with van der Waals surface area (Å²) in [6.07, 6.45) is 2.72. The fraction of sp³-hybridized carbons (Fsp3) is 0.368. The lowest BCUT2D eigenvalue weighted by molar-refractivity contribution is 0.116. The molecule has 3 aromatic rings. The Bertz CT molecular complexity index is 941. The summed E-state index contributed by atoms with van der Waals surface area (Å²) in [6.45, 7) is 4.00. The summed E-state index contributed by atoms with van der Waals surface area (Å²) in [5.41, 5.74) is 0.730. The lowest BCUT2D eigenvalue weighted by Gasteiger charge is -2.44. The second-order valence-corrected chi connectivity index (χ2v) is 7.01. The van der Waals surface area contributed by atoms with E-state index in [9.17, 15) is 8.78 Å². The lowest BCUT2D eigenvalue weighted by atomic mass is 9.72. The van der Waals surface area contributed by atoms with Crippen molar-refractivity contribution in [2.75, 3.05) is 5.32 Å². The zero-order valence-corrected chi connectivity index (χ0v) is 17.3. The van der Waals surface area contributed by atoms with Gasteiger partial charge in [-0.1, -0.05) is 43.1 Å². The molecule has 1 aliphatic carbocycles. The maximum absolute atomic E-state index is 12.6. The molecule has 0 spiro atoms. The monoisotopic (exact) mass is 441 g/mol. The minimum Gasteiger partial charge on any atom is -0.415 e. The highest BCUT2D eigenvalue weighted by atomic mass is 35.5. The van der Waals surface area contributed by atoms with Crippen LogP contribution in [0.2, 0.25) is 10.0 Å². The predicted octanol–water partition coefficient (Wildman–Crippen LogP) is 6.29. The molecule has 10 heteroatoms. The summed E-state index contributed by atoms with van der Waals surface area (Å²) in [6, 6.07) is 5.39. The molecular weight excluding hydrogens is 423 g/mol. The molecule has 2 aromatic heterocycles. The smallest absolute Gasteiger partial charge is 0.314 e. The molecule has 1 saturated carbocycles. The number of anilines is 1. The number of aromatic nitrogens is 4. The first-order chi connectivity index (χ1) is 14.0. The molecule has 0 aliphatic heterocycles. The van der Waals surface area contributed by atoms with E-state index in [2.05, 4.69) is 25.5 Å². The molecule has 1 N–H and O–H groups in total. The third kappa shape index (κ3) is 4.33. The molecule has 29 heavy (non-hydrogen) atoms. The Kier molecular flexibility index (Phi) is 6.64. The molecule has 1 fully saturated rings. The minimum atomic E-state index is -2.83. The molecular formula is C19H19Cl2F2N5O. The first kappa shape index (κ1) is 21.4. The Labute approximate surface area is 176 Å². The van der Waals surface area contributed by atoms with Crippen LogP contribution in [0.4, 0.5) is 14.7 Å². The van der Waals surface area contributed by atoms with E-state index in [0.717, 1.165) is 24.8 Å². The molecule has 4 rings (SSSR count). The zero-order valence-electron chi connectivity index (χ0n) is 15.8. The van der Waals surface area contributed by atoms with E-state index in [1.165, 1.54) is 12.4 Å². The summed E-state index contributed by atoms with van der Waals surface area (Å²) in [7, 11) is 0. The van der Waals surface area contributed by atoms with Crippen molar-refractivity contribution in [2.24, 2.45) is 0 Å². The molecule has 0 atom stereocenters. The maximum atomic E-state index is 12.6. The van der Waals surface area contributed by atoms with Crippen LogP contribution in [-0.2, 0) is 5.54 Å². The lowest BCUT2D eigenvalue weighted by Crippen LogP contribution is -2.43. The van der Waals surface area contributed by atoms with Crippen LogP contribution >= 0.6 is 23.2 Å². The van der Waals surface area contributed by atoms with E-state index >= 15 is 0 Å². The van der Waals surface area contributed by atoms with Gasteiger partial charge in [-0.2, -0.15) is 8.78 Å². The van der Waals surface area contributed by atoms with Crippen LogP contribution in [0.1, 0.15) is 51.0 Å². The Hall–Kier alpha value is -2.32. The van der Waals surface area contributed by atoms with Gasteiger partial charge in [-0.05, 0) is 31.4 Å². The van der Waals surface area contributed by atoms with Gasteiger partial charge in [-0.15, -0.1) is 10.2 Å². The zero-order chi connectivity index (χ0) is 21.0. The fourth-order valence-corrected chi connectivity index (χ4v) is 3.84. The first-order valence-electron chi connectivity index (χ1n) is 9.15. The van der Waals surface area contributed by atoms with E-state index in [0.29, 0.717) is 21.6 Å². The molecule has 6 nitrogen and oxygen atoms in total. The summed E-state index contributed by atoms with van der Waals surface area (Å²) in [4.78, 5) is 8.47. The Morgan fingerprint density at radius 1 is 1.07 bits per heavy atom. The highest BCUT2D eigenvalue weighted by Gasteiger charge is 2.42. The number of nitrogens with zero attached hydrogens (tertiary/aromatic N) is 4. The summed E-state index contributed by atoms with van der Waals surface area (Å²) < 4.78 is 30.0. The van der Waals surface area contributed by atoms with E-state index in [4.69, 9.17) is 27.6 Å². The summed E-state index contributed by atoms with van der Waals surface area (Å²) in [5.74, 6) is -0.443. The first-order valence-corrected chi connectivity index (χ1v) is 9.91. The number of halogens is 4. The molecule has 0 radical (unpaired) electrons. The van der Waals surface area contributed by atoms with Gasteiger partial charge in [0.1, 0.15) is 0 Å². The van der Waals surface area contributed by atoms with Gasteiger partial charge in [0.15, 0.2) is 0 Å². The number of hydrogen-bond donors (Lipinski definition) is 1. The highest BCUT2D eigenvalue weighted by molar-refractivity contribution is 6.36. The number of hydrogen-bond acceptors (Lipinski definition) is 6. The van der Waals surface area contributed by atoms with Gasteiger partial charge in [0.25, 0.3) is 11.8 Å². The van der Waals surface area contributed by atoms with E-state index in [1.807, 2.05) is 13.8 Å². The number of rotatable bonds is 5. The minimum absolute atomic E-state index is 0.0654. The third-order valence-corrected chi connectivity index (χ3v) is 5.16. The molecule has 1 aliphatic rings. The van der Waals surface area contributed by atoms with Crippen LogP contribution in [0.5, 0.6) is 0 Å². The normalized spacial score (nSPS) is 14.7. The Morgan fingerprint density at radius 2 is 1.69 bits per heavy atom. The van der Waals surface area contributed by atoms with Gasteiger partial charge in [0, 0.05) is 28.0 Å². The topological polar surface area (TPSA) is 76.7 Å². The SMILES string of the molecule is CC.FC(F)c1nnc(-c2cnc(NC3(c4c(Cl)cccc4Cl)CCC3)nc2)o1. The van der Waals surface area contributed by atoms with Crippen molar-refractivity contribution in [1.82, 2.24) is 20.2 Å². The van der Waals surface area contributed by atoms with Gasteiger partial charge < -0.3 is 9.73 Å². The molecule has 0 amide bonds. The van der Waals surface area contributed by atoms with Gasteiger partial charge in [-0.25, -0.2) is 9.97 Å². The van der Waals surface area contributed by atoms with Gasteiger partial charge in [0.2, 0.25) is 5.95 Å². The molecule has 154 valence electrons. The van der Waals surface area contributed by atoms with Crippen LogP contribution in [0, 0.1) is 0 Å². The molecule has 0 unspecified atom stereocenters. The number of alkyl halides is 2. The Balaban J connectivity index is 0.00000117. The van der Waals surface area contributed by atoms with Crippen LogP contribution in [-0.4, -0.2) is 20.2 Å². The van der Waals surface area contributed by atoms with E-state index in [-0.39, 0.29) is 5.89 Å². The maximum Gasteiger partial charge on any atom is 0.314 e. The van der Waals surface area contributed by atoms with Crippen LogP contribution in [0.15, 0.2) is 35.0 Å². The highest BCUT2D eigenvalue weighted by Crippen LogP contribution is 2.48. The third-order valence-electron chi connectivity index (χ3n) is 4.53. The summed E-state index contributed by atoms with van der Waals surface area (Å²) in [5, 5.41) is 11.3. The number of benzene rings is 1. The van der Waals surface area contributed by atoms with Crippen molar-refractivity contribution in [3.05, 3.63) is 52.1 Å². The molecule has 0 bridgehead atoms. The van der Waals surface area contributed by atoms with E-state index < -0.39 is 17.9 Å². The average molecular weight is 442 g/mol. The summed E-state index contributed by atoms with van der Waals surface area (Å²) >= 11 is 12.7.